The van der Waals surface area contributed by atoms with Gasteiger partial charge in [-0.25, -0.2) is 18.4 Å². The second-order valence-electron chi connectivity index (χ2n) is 7.74. The molecule has 1 saturated carbocycles. The Balaban J connectivity index is 1.43. The maximum Gasteiger partial charge on any atom is 0.318 e. The average Bonchev–Trinajstić information content (AvgIpc) is 3.44. The highest BCUT2D eigenvalue weighted by molar-refractivity contribution is 5.81. The van der Waals surface area contributed by atoms with Crippen LogP contribution < -0.4 is 10.6 Å². The van der Waals surface area contributed by atoms with E-state index in [0.29, 0.717) is 24.2 Å². The molecule has 4 amide bonds. The van der Waals surface area contributed by atoms with E-state index in [-0.39, 0.29) is 36.2 Å². The van der Waals surface area contributed by atoms with E-state index >= 15 is 0 Å². The Morgan fingerprint density at radius 1 is 1.21 bits per heavy atom. The van der Waals surface area contributed by atoms with Crippen LogP contribution in [0.3, 0.4) is 0 Å². The van der Waals surface area contributed by atoms with Crippen molar-refractivity contribution < 1.29 is 18.4 Å². The van der Waals surface area contributed by atoms with Gasteiger partial charge in [0.1, 0.15) is 11.6 Å². The fourth-order valence-electron chi connectivity index (χ4n) is 4.09. The van der Waals surface area contributed by atoms with Crippen LogP contribution in [0.25, 0.3) is 10.9 Å². The first-order chi connectivity index (χ1) is 14.0. The molecule has 1 aromatic carbocycles. The monoisotopic (exact) mass is 405 g/mol. The maximum absolute atomic E-state index is 13.9. The largest absolute Gasteiger partial charge is 0.355 e. The number of hydrogen-bond donors (Lipinski definition) is 3. The maximum atomic E-state index is 13.9. The molecule has 29 heavy (non-hydrogen) atoms. The van der Waals surface area contributed by atoms with Crippen LogP contribution in [0.15, 0.2) is 18.2 Å². The number of fused-ring (bicyclic) bond motifs is 1. The van der Waals surface area contributed by atoms with E-state index in [9.17, 15) is 18.4 Å². The first kappa shape index (κ1) is 19.5. The van der Waals surface area contributed by atoms with Crippen LogP contribution >= 0.6 is 0 Å². The summed E-state index contributed by atoms with van der Waals surface area (Å²) in [5.41, 5.74) is 0.826. The van der Waals surface area contributed by atoms with E-state index in [2.05, 4.69) is 15.6 Å². The third-order valence-corrected chi connectivity index (χ3v) is 5.60. The molecule has 1 atom stereocenters. The van der Waals surface area contributed by atoms with Crippen LogP contribution in [0.5, 0.6) is 0 Å². The molecule has 9 heteroatoms. The number of hydrogen-bond acceptors (Lipinski definition) is 2. The van der Waals surface area contributed by atoms with Crippen molar-refractivity contribution >= 4 is 23.0 Å². The Labute approximate surface area is 167 Å². The number of nitrogens with one attached hydrogen (secondary N) is 3. The number of carbonyl (C=O) groups is 2. The van der Waals surface area contributed by atoms with Crippen LogP contribution in [-0.4, -0.2) is 59.1 Å². The van der Waals surface area contributed by atoms with Crippen molar-refractivity contribution in [3.63, 3.8) is 0 Å². The van der Waals surface area contributed by atoms with Gasteiger partial charge in [-0.05, 0) is 37.8 Å². The SMILES string of the molecule is CNC(=O)N1CCCC(N(C(=O)NCc2cc3cc(F)cc(F)c3[nH]2)C2CC2)C1. The van der Waals surface area contributed by atoms with Crippen molar-refractivity contribution in [1.82, 2.24) is 25.4 Å². The molecule has 4 rings (SSSR count). The zero-order valence-electron chi connectivity index (χ0n) is 16.3. The number of aromatic nitrogens is 1. The molecule has 1 aliphatic carbocycles. The van der Waals surface area contributed by atoms with E-state index in [1.165, 1.54) is 6.07 Å². The first-order valence-electron chi connectivity index (χ1n) is 9.95. The predicted octanol–water partition coefficient (Wildman–Crippen LogP) is 2.92. The van der Waals surface area contributed by atoms with Gasteiger partial charge in [-0.1, -0.05) is 0 Å². The molecule has 1 unspecified atom stereocenters. The summed E-state index contributed by atoms with van der Waals surface area (Å²) < 4.78 is 27.3. The molecule has 1 saturated heterocycles. The quantitative estimate of drug-likeness (QED) is 0.731. The average molecular weight is 405 g/mol. The van der Waals surface area contributed by atoms with Crippen LogP contribution in [0, 0.1) is 11.6 Å². The van der Waals surface area contributed by atoms with Crippen molar-refractivity contribution in [3.05, 3.63) is 35.5 Å². The minimum atomic E-state index is -0.659. The predicted molar refractivity (Wildman–Crippen MR) is 104 cm³/mol. The lowest BCUT2D eigenvalue weighted by Gasteiger charge is -2.39. The molecule has 3 N–H and O–H groups in total. The second-order valence-corrected chi connectivity index (χ2v) is 7.74. The minimum absolute atomic E-state index is 0.0252. The van der Waals surface area contributed by atoms with Gasteiger partial charge in [-0.2, -0.15) is 0 Å². The number of rotatable bonds is 4. The summed E-state index contributed by atoms with van der Waals surface area (Å²) in [7, 11) is 1.60. The van der Waals surface area contributed by atoms with Crippen molar-refractivity contribution in [2.45, 2.75) is 44.3 Å². The van der Waals surface area contributed by atoms with Gasteiger partial charge in [0.15, 0.2) is 0 Å². The normalized spacial score (nSPS) is 19.3. The molecule has 2 aliphatic rings. The third-order valence-electron chi connectivity index (χ3n) is 5.60. The van der Waals surface area contributed by atoms with Crippen LogP contribution in [0.4, 0.5) is 18.4 Å². The summed E-state index contributed by atoms with van der Waals surface area (Å²) in [5.74, 6) is -1.30. The Bertz CT molecular complexity index is 927. The smallest absolute Gasteiger partial charge is 0.318 e. The summed E-state index contributed by atoms with van der Waals surface area (Å²) in [6.45, 7) is 1.39. The molecule has 2 heterocycles. The highest BCUT2D eigenvalue weighted by Gasteiger charge is 2.39. The summed E-state index contributed by atoms with van der Waals surface area (Å²) in [6, 6.07) is 3.57. The number of H-pyrrole nitrogens is 1. The Morgan fingerprint density at radius 3 is 2.72 bits per heavy atom. The van der Waals surface area contributed by atoms with Crippen molar-refractivity contribution in [1.29, 1.82) is 0 Å². The van der Waals surface area contributed by atoms with E-state index in [1.54, 1.807) is 18.0 Å². The van der Waals surface area contributed by atoms with E-state index in [0.717, 1.165) is 31.7 Å². The fourth-order valence-corrected chi connectivity index (χ4v) is 4.09. The molecule has 1 aromatic heterocycles. The van der Waals surface area contributed by atoms with Gasteiger partial charge in [0.25, 0.3) is 0 Å². The number of amides is 4. The standard InChI is InChI=1S/C20H25F2N5O2/c1-23-19(28)26-6-2-3-16(11-26)27(15-4-5-15)20(29)24-10-14-8-12-7-13(21)9-17(22)18(12)25-14/h7-9,15-16,25H,2-6,10-11H2,1H3,(H,23,28)(H,24,29). The number of nitrogens with zero attached hydrogens (tertiary/aromatic N) is 2. The van der Waals surface area contributed by atoms with E-state index in [4.69, 9.17) is 0 Å². The molecule has 0 spiro atoms. The lowest BCUT2D eigenvalue weighted by Crippen LogP contribution is -2.56. The van der Waals surface area contributed by atoms with Crippen molar-refractivity contribution in [2.24, 2.45) is 0 Å². The Hall–Kier alpha value is -2.84. The van der Waals surface area contributed by atoms with Crippen LogP contribution in [-0.2, 0) is 6.54 Å². The topological polar surface area (TPSA) is 80.5 Å². The van der Waals surface area contributed by atoms with Gasteiger partial charge >= 0.3 is 12.1 Å². The third kappa shape index (κ3) is 4.13. The minimum Gasteiger partial charge on any atom is -0.355 e. The number of carbonyl (C=O) groups excluding carboxylic acids is 2. The summed E-state index contributed by atoms with van der Waals surface area (Å²) >= 11 is 0. The Morgan fingerprint density at radius 2 is 2.00 bits per heavy atom. The molecule has 0 bridgehead atoms. The van der Waals surface area contributed by atoms with Crippen LogP contribution in [0.2, 0.25) is 0 Å². The zero-order valence-corrected chi connectivity index (χ0v) is 16.3. The molecule has 0 radical (unpaired) electrons. The number of likely N-dealkylation sites (tertiary alicyclic amines) is 1. The molecule has 156 valence electrons. The number of urea groups is 2. The van der Waals surface area contributed by atoms with Gasteiger partial charge in [-0.3, -0.25) is 0 Å². The van der Waals surface area contributed by atoms with Gasteiger partial charge in [-0.15, -0.1) is 0 Å². The van der Waals surface area contributed by atoms with E-state index in [1.807, 2.05) is 4.90 Å². The van der Waals surface area contributed by atoms with E-state index < -0.39 is 11.6 Å². The molecule has 7 nitrogen and oxygen atoms in total. The van der Waals surface area contributed by atoms with Crippen molar-refractivity contribution in [2.75, 3.05) is 20.1 Å². The molecule has 2 fully saturated rings. The van der Waals surface area contributed by atoms with Gasteiger partial charge in [0.05, 0.1) is 18.1 Å². The summed E-state index contributed by atoms with van der Waals surface area (Å²) in [4.78, 5) is 31.4. The van der Waals surface area contributed by atoms with Crippen LogP contribution in [0.1, 0.15) is 31.4 Å². The molecule has 2 aromatic rings. The number of halogens is 2. The Kier molecular flexibility index (Phi) is 5.29. The second kappa shape index (κ2) is 7.88. The van der Waals surface area contributed by atoms with Gasteiger partial charge in [0, 0.05) is 43.3 Å². The number of benzene rings is 1. The molecule has 1 aliphatic heterocycles. The highest BCUT2D eigenvalue weighted by Crippen LogP contribution is 2.31. The molecular weight excluding hydrogens is 380 g/mol. The van der Waals surface area contributed by atoms with Crippen molar-refractivity contribution in [3.8, 4) is 0 Å². The zero-order chi connectivity index (χ0) is 20.5. The number of piperidine rings is 1. The lowest BCUT2D eigenvalue weighted by molar-refractivity contribution is 0.116. The summed E-state index contributed by atoms with van der Waals surface area (Å²) in [6.07, 6.45) is 3.62. The lowest BCUT2D eigenvalue weighted by atomic mass is 10.0. The highest BCUT2D eigenvalue weighted by atomic mass is 19.1. The molecular formula is C20H25F2N5O2. The summed E-state index contributed by atoms with van der Waals surface area (Å²) in [5, 5.41) is 5.96. The first-order valence-corrected chi connectivity index (χ1v) is 9.95. The number of aromatic amines is 1. The van der Waals surface area contributed by atoms with Gasteiger partial charge in [0.2, 0.25) is 0 Å². The van der Waals surface area contributed by atoms with Gasteiger partial charge < -0.3 is 25.4 Å². The fraction of sp³-hybridized carbons (Fsp3) is 0.500.